The van der Waals surface area contributed by atoms with Crippen molar-refractivity contribution in [3.05, 3.63) is 84.1 Å². The van der Waals surface area contributed by atoms with Crippen molar-refractivity contribution in [2.24, 2.45) is 0 Å². The molecule has 0 aliphatic carbocycles. The van der Waals surface area contributed by atoms with Gasteiger partial charge in [0.05, 0.1) is 23.7 Å². The fourth-order valence-corrected chi connectivity index (χ4v) is 3.91. The number of anilines is 1. The van der Waals surface area contributed by atoms with E-state index in [-0.39, 0.29) is 11.7 Å². The summed E-state index contributed by atoms with van der Waals surface area (Å²) < 4.78 is 13.2. The Kier molecular flexibility index (Phi) is 7.49. The molecule has 0 radical (unpaired) electrons. The summed E-state index contributed by atoms with van der Waals surface area (Å²) in [6.45, 7) is 2.53. The van der Waals surface area contributed by atoms with E-state index in [0.717, 1.165) is 11.4 Å². The van der Waals surface area contributed by atoms with Gasteiger partial charge in [-0.05, 0) is 61.5 Å². The molecule has 0 saturated carbocycles. The number of benzene rings is 3. The van der Waals surface area contributed by atoms with E-state index in [0.29, 0.717) is 34.0 Å². The summed E-state index contributed by atoms with van der Waals surface area (Å²) in [5.41, 5.74) is 1.40. The Morgan fingerprint density at radius 1 is 1.06 bits per heavy atom. The van der Waals surface area contributed by atoms with Crippen molar-refractivity contribution < 1.29 is 14.3 Å². The van der Waals surface area contributed by atoms with Gasteiger partial charge in [0.2, 0.25) is 5.91 Å². The van der Waals surface area contributed by atoms with Crippen LogP contribution < -0.4 is 14.8 Å². The minimum Gasteiger partial charge on any atom is -0.494 e. The molecule has 0 aliphatic heterocycles. The summed E-state index contributed by atoms with van der Waals surface area (Å²) in [5.74, 6) is 1.92. The first-order valence-corrected chi connectivity index (χ1v) is 11.6. The molecule has 0 atom stereocenters. The molecule has 9 heteroatoms. The van der Waals surface area contributed by atoms with Crippen LogP contribution in [0.1, 0.15) is 6.92 Å². The van der Waals surface area contributed by atoms with Crippen LogP contribution in [0.3, 0.4) is 0 Å². The highest BCUT2D eigenvalue weighted by Crippen LogP contribution is 2.30. The number of ether oxygens (including phenoxy) is 2. The molecule has 4 rings (SSSR count). The minimum atomic E-state index is -0.191. The van der Waals surface area contributed by atoms with Crippen molar-refractivity contribution >= 4 is 35.0 Å². The van der Waals surface area contributed by atoms with Crippen LogP contribution in [0.2, 0.25) is 5.02 Å². The number of para-hydroxylation sites is 2. The normalized spacial score (nSPS) is 10.6. The topological polar surface area (TPSA) is 78.3 Å². The van der Waals surface area contributed by atoms with E-state index >= 15 is 0 Å². The van der Waals surface area contributed by atoms with E-state index in [2.05, 4.69) is 15.5 Å². The number of hydrogen-bond acceptors (Lipinski definition) is 6. The van der Waals surface area contributed by atoms with Gasteiger partial charge >= 0.3 is 0 Å². The lowest BCUT2D eigenvalue weighted by atomic mass is 10.2. The zero-order valence-corrected chi connectivity index (χ0v) is 19.3. The third-order valence-corrected chi connectivity index (χ3v) is 5.64. The fraction of sp³-hybridized carbons (Fsp3) is 0.125. The molecule has 4 aromatic rings. The average molecular weight is 481 g/mol. The van der Waals surface area contributed by atoms with Gasteiger partial charge in [-0.25, -0.2) is 0 Å². The van der Waals surface area contributed by atoms with E-state index in [1.165, 1.54) is 11.8 Å². The average Bonchev–Trinajstić information content (AvgIpc) is 3.29. The fourth-order valence-electron chi connectivity index (χ4n) is 3.00. The first kappa shape index (κ1) is 22.7. The number of hydrogen-bond donors (Lipinski definition) is 1. The molecular formula is C24H21ClN4O3S. The second kappa shape index (κ2) is 10.9. The number of amides is 1. The molecule has 0 fully saturated rings. The number of nitrogens with one attached hydrogen (secondary N) is 1. The predicted octanol–water partition coefficient (Wildman–Crippen LogP) is 5.84. The highest BCUT2D eigenvalue weighted by Gasteiger charge is 2.13. The van der Waals surface area contributed by atoms with Crippen molar-refractivity contribution in [1.82, 2.24) is 14.8 Å². The van der Waals surface area contributed by atoms with E-state index in [4.69, 9.17) is 21.1 Å². The predicted molar refractivity (Wildman–Crippen MR) is 130 cm³/mol. The Morgan fingerprint density at radius 3 is 2.64 bits per heavy atom. The van der Waals surface area contributed by atoms with Crippen molar-refractivity contribution in [3.8, 4) is 22.9 Å². The zero-order chi connectivity index (χ0) is 23.0. The SMILES string of the molecule is CCOc1ccc(Oc2ccccc2NC(=O)CSc2nncn2-c2cccc(Cl)c2)cc1. The van der Waals surface area contributed by atoms with Gasteiger partial charge in [0.15, 0.2) is 10.9 Å². The maximum absolute atomic E-state index is 12.6. The molecule has 1 heterocycles. The molecule has 0 unspecified atom stereocenters. The first-order chi connectivity index (χ1) is 16.1. The third kappa shape index (κ3) is 6.06. The van der Waals surface area contributed by atoms with Crippen LogP contribution >= 0.6 is 23.4 Å². The Labute approximate surface area is 200 Å². The van der Waals surface area contributed by atoms with Gasteiger partial charge in [-0.2, -0.15) is 0 Å². The number of rotatable bonds is 9. The molecule has 3 aromatic carbocycles. The summed E-state index contributed by atoms with van der Waals surface area (Å²) in [4.78, 5) is 12.6. The summed E-state index contributed by atoms with van der Waals surface area (Å²) in [7, 11) is 0. The van der Waals surface area contributed by atoms with Gasteiger partial charge in [-0.3, -0.25) is 9.36 Å². The number of carbonyl (C=O) groups excluding carboxylic acids is 1. The number of nitrogens with zero attached hydrogens (tertiary/aromatic N) is 3. The van der Waals surface area contributed by atoms with Gasteiger partial charge < -0.3 is 14.8 Å². The van der Waals surface area contributed by atoms with Gasteiger partial charge in [0.25, 0.3) is 0 Å². The molecule has 7 nitrogen and oxygen atoms in total. The second-order valence-corrected chi connectivity index (χ2v) is 8.18. The van der Waals surface area contributed by atoms with Crippen molar-refractivity contribution in [1.29, 1.82) is 0 Å². The van der Waals surface area contributed by atoms with Crippen LogP contribution in [0.15, 0.2) is 84.3 Å². The van der Waals surface area contributed by atoms with Crippen LogP contribution in [0.25, 0.3) is 5.69 Å². The Morgan fingerprint density at radius 2 is 1.85 bits per heavy atom. The molecule has 0 saturated heterocycles. The zero-order valence-electron chi connectivity index (χ0n) is 17.8. The van der Waals surface area contributed by atoms with E-state index in [1.54, 1.807) is 29.1 Å². The number of thioether (sulfide) groups is 1. The van der Waals surface area contributed by atoms with E-state index < -0.39 is 0 Å². The van der Waals surface area contributed by atoms with E-state index in [1.807, 2.05) is 61.5 Å². The Bertz CT molecular complexity index is 1230. The number of carbonyl (C=O) groups is 1. The van der Waals surface area contributed by atoms with Crippen molar-refractivity contribution in [2.75, 3.05) is 17.7 Å². The van der Waals surface area contributed by atoms with Crippen molar-refractivity contribution in [2.45, 2.75) is 12.1 Å². The molecule has 0 spiro atoms. The number of aromatic nitrogens is 3. The lowest BCUT2D eigenvalue weighted by Gasteiger charge is -2.13. The molecule has 0 aliphatic rings. The maximum Gasteiger partial charge on any atom is 0.234 e. The minimum absolute atomic E-state index is 0.149. The molecule has 1 N–H and O–H groups in total. The Hall–Kier alpha value is -3.49. The van der Waals surface area contributed by atoms with Gasteiger partial charge in [-0.1, -0.05) is 41.6 Å². The summed E-state index contributed by atoms with van der Waals surface area (Å²) in [5, 5.41) is 12.2. The number of halogens is 1. The molecule has 1 amide bonds. The van der Waals surface area contributed by atoms with Crippen molar-refractivity contribution in [3.63, 3.8) is 0 Å². The second-order valence-electron chi connectivity index (χ2n) is 6.80. The standard InChI is InChI=1S/C24H21ClN4O3S/c1-2-31-19-10-12-20(13-11-19)32-22-9-4-3-8-21(22)27-23(30)15-33-24-28-26-16-29(24)18-7-5-6-17(25)14-18/h3-14,16H,2,15H2,1H3,(H,27,30). The summed E-state index contributed by atoms with van der Waals surface area (Å²) in [6, 6.07) is 21.9. The molecular weight excluding hydrogens is 460 g/mol. The molecule has 1 aromatic heterocycles. The lowest BCUT2D eigenvalue weighted by molar-refractivity contribution is -0.113. The van der Waals surface area contributed by atoms with Gasteiger partial charge in [-0.15, -0.1) is 10.2 Å². The van der Waals surface area contributed by atoms with Crippen LogP contribution in [0, 0.1) is 0 Å². The molecule has 33 heavy (non-hydrogen) atoms. The molecule has 0 bridgehead atoms. The van der Waals surface area contributed by atoms with Crippen LogP contribution in [-0.4, -0.2) is 33.0 Å². The van der Waals surface area contributed by atoms with Gasteiger partial charge in [0.1, 0.15) is 17.8 Å². The van der Waals surface area contributed by atoms with E-state index in [9.17, 15) is 4.79 Å². The van der Waals surface area contributed by atoms with Crippen LogP contribution in [0.5, 0.6) is 17.2 Å². The van der Waals surface area contributed by atoms with Crippen LogP contribution in [-0.2, 0) is 4.79 Å². The van der Waals surface area contributed by atoms with Gasteiger partial charge in [0, 0.05) is 5.02 Å². The summed E-state index contributed by atoms with van der Waals surface area (Å²) in [6.07, 6.45) is 1.59. The monoisotopic (exact) mass is 480 g/mol. The quantitative estimate of drug-likeness (QED) is 0.303. The smallest absolute Gasteiger partial charge is 0.234 e. The lowest BCUT2D eigenvalue weighted by Crippen LogP contribution is -2.15. The van der Waals surface area contributed by atoms with Crippen LogP contribution in [0.4, 0.5) is 5.69 Å². The highest BCUT2D eigenvalue weighted by atomic mass is 35.5. The summed E-state index contributed by atoms with van der Waals surface area (Å²) >= 11 is 7.36. The first-order valence-electron chi connectivity index (χ1n) is 10.2. The maximum atomic E-state index is 12.6. The highest BCUT2D eigenvalue weighted by molar-refractivity contribution is 7.99. The molecule has 168 valence electrons. The largest absolute Gasteiger partial charge is 0.494 e. The Balaban J connectivity index is 1.39. The third-order valence-electron chi connectivity index (χ3n) is 4.46.